The third kappa shape index (κ3) is 13.5. The average molecular weight is 996 g/mol. The van der Waals surface area contributed by atoms with Crippen LogP contribution in [0, 0.1) is 34.6 Å². The summed E-state index contributed by atoms with van der Waals surface area (Å²) in [4.78, 5) is 59.0. The number of phenols is 4. The molecule has 0 fully saturated rings. The van der Waals surface area contributed by atoms with E-state index in [1.54, 1.807) is 36.0 Å². The second kappa shape index (κ2) is 24.0. The van der Waals surface area contributed by atoms with Crippen LogP contribution in [0.25, 0.3) is 10.8 Å². The van der Waals surface area contributed by atoms with Crippen molar-refractivity contribution in [1.29, 1.82) is 0 Å². The number of hydrogen-bond acceptors (Lipinski definition) is 14. The molecule has 9 N–H and O–H groups in total. The van der Waals surface area contributed by atoms with Gasteiger partial charge in [0.1, 0.15) is 40.1 Å². The Hall–Kier alpha value is -7.77. The summed E-state index contributed by atoms with van der Waals surface area (Å²) in [6, 6.07) is 22.5. The second-order valence-electron chi connectivity index (χ2n) is 15.8. The van der Waals surface area contributed by atoms with Crippen molar-refractivity contribution in [3.63, 3.8) is 0 Å². The maximum Gasteiger partial charge on any atom is 0.313 e. The van der Waals surface area contributed by atoms with Crippen LogP contribution in [-0.2, 0) is 20.1 Å². The molecule has 6 aromatic rings. The molecule has 6 rings (SSSR count). The number of carbonyl (C=O) groups excluding carboxylic acids is 3. The van der Waals surface area contributed by atoms with Gasteiger partial charge in [0.15, 0.2) is 24.0 Å². The number of ether oxygens (including phenoxy) is 3. The molecule has 70 heavy (non-hydrogen) atoms. The minimum absolute atomic E-state index is 0.0219. The van der Waals surface area contributed by atoms with Gasteiger partial charge in [0, 0.05) is 53.9 Å². The van der Waals surface area contributed by atoms with E-state index in [1.807, 2.05) is 63.2 Å². The molecule has 0 aliphatic heterocycles. The highest BCUT2D eigenvalue weighted by molar-refractivity contribution is 8.00. The molecule has 3 amide bonds. The smallest absolute Gasteiger partial charge is 0.313 e. The van der Waals surface area contributed by atoms with Crippen molar-refractivity contribution in [3.8, 4) is 51.7 Å². The summed E-state index contributed by atoms with van der Waals surface area (Å²) < 4.78 is 17.7. The lowest BCUT2D eigenvalue weighted by molar-refractivity contribution is -0.136. The molecule has 19 heteroatoms. The molecule has 0 atom stereocenters. The number of aromatic hydroxyl groups is 4. The number of carboxylic acid groups (broad SMARTS) is 2. The molecule has 0 aliphatic rings. The fraction of sp³-hybridized carbons (Fsp3) is 0.235. The van der Waals surface area contributed by atoms with Crippen LogP contribution >= 0.6 is 23.5 Å². The van der Waals surface area contributed by atoms with Gasteiger partial charge in [0.05, 0.1) is 28.3 Å². The van der Waals surface area contributed by atoms with Gasteiger partial charge in [-0.15, -0.1) is 11.8 Å². The number of nitrogens with one attached hydrogen (secondary N) is 3. The molecule has 0 aliphatic carbocycles. The van der Waals surface area contributed by atoms with Crippen LogP contribution in [0.4, 0.5) is 5.69 Å². The van der Waals surface area contributed by atoms with Crippen LogP contribution in [0.2, 0.25) is 0 Å². The SMILES string of the molecule is CC(=O)Nc1cc(O)c(SCC(=O)O)cc1Oc1c(O)c(C)c(C)c(O)c1C(=O)NCOc1ccc(C)cc1C.CNC(=O)c1cc(Oc2ccc(CSCCC(=O)O)cc2C)c2ccccc2c1O. The first-order chi connectivity index (χ1) is 33.2. The molecular weight excluding hydrogens is 943 g/mol. The van der Waals surface area contributed by atoms with Crippen LogP contribution in [0.15, 0.2) is 83.8 Å². The van der Waals surface area contributed by atoms with E-state index in [-0.39, 0.29) is 63.4 Å². The topological polar surface area (TPSA) is 271 Å². The average Bonchev–Trinajstić information content (AvgIpc) is 3.31. The summed E-state index contributed by atoms with van der Waals surface area (Å²) in [7, 11) is 1.51. The van der Waals surface area contributed by atoms with Crippen LogP contribution in [0.1, 0.15) is 67.4 Å². The number of amides is 3. The number of aryl methyl sites for hydroxylation is 3. The molecule has 368 valence electrons. The number of carbonyl (C=O) groups is 5. The Morgan fingerprint density at radius 1 is 0.671 bits per heavy atom. The number of carboxylic acids is 2. The Morgan fingerprint density at radius 3 is 1.99 bits per heavy atom. The Kier molecular flexibility index (Phi) is 18.2. The van der Waals surface area contributed by atoms with E-state index in [9.17, 15) is 44.4 Å². The van der Waals surface area contributed by atoms with Crippen LogP contribution in [0.5, 0.6) is 51.7 Å². The van der Waals surface area contributed by atoms with Gasteiger partial charge in [-0.3, -0.25) is 24.0 Å². The molecule has 0 bridgehead atoms. The van der Waals surface area contributed by atoms with Crippen LogP contribution < -0.4 is 30.2 Å². The van der Waals surface area contributed by atoms with Crippen molar-refractivity contribution >= 4 is 69.6 Å². The normalized spacial score (nSPS) is 10.7. The number of fused-ring (bicyclic) bond motifs is 1. The number of rotatable bonds is 18. The summed E-state index contributed by atoms with van der Waals surface area (Å²) >= 11 is 2.36. The van der Waals surface area contributed by atoms with E-state index < -0.39 is 52.5 Å². The molecule has 0 spiro atoms. The molecule has 17 nitrogen and oxygen atoms in total. The molecule has 0 saturated carbocycles. The maximum atomic E-state index is 13.3. The summed E-state index contributed by atoms with van der Waals surface area (Å²) in [5, 5.41) is 69.3. The summed E-state index contributed by atoms with van der Waals surface area (Å²) in [6.07, 6.45) is 0.145. The first-order valence-corrected chi connectivity index (χ1v) is 23.6. The number of aliphatic carboxylic acids is 2. The highest BCUT2D eigenvalue weighted by Crippen LogP contribution is 2.47. The zero-order valence-electron chi connectivity index (χ0n) is 39.3. The molecule has 0 saturated heterocycles. The lowest BCUT2D eigenvalue weighted by Crippen LogP contribution is -2.28. The summed E-state index contributed by atoms with van der Waals surface area (Å²) in [5.74, 6) is -2.92. The fourth-order valence-corrected chi connectivity index (χ4v) is 8.42. The first-order valence-electron chi connectivity index (χ1n) is 21.4. The number of thioether (sulfide) groups is 2. The lowest BCUT2D eigenvalue weighted by atomic mass is 10.0. The van der Waals surface area contributed by atoms with Crippen molar-refractivity contribution in [1.82, 2.24) is 10.6 Å². The van der Waals surface area contributed by atoms with Crippen LogP contribution in [0.3, 0.4) is 0 Å². The summed E-state index contributed by atoms with van der Waals surface area (Å²) in [5.41, 5.74) is 4.10. The van der Waals surface area contributed by atoms with E-state index in [2.05, 4.69) is 16.0 Å². The summed E-state index contributed by atoms with van der Waals surface area (Å²) in [6.45, 7) is 9.72. The zero-order valence-corrected chi connectivity index (χ0v) is 40.9. The molecular formula is C51H53N3O14S2. The highest BCUT2D eigenvalue weighted by atomic mass is 32.2. The Balaban J connectivity index is 0.000000271. The van der Waals surface area contributed by atoms with Gasteiger partial charge < -0.3 is 60.8 Å². The molecule has 6 aromatic carbocycles. The third-order valence-corrected chi connectivity index (χ3v) is 12.6. The molecule has 0 heterocycles. The quantitative estimate of drug-likeness (QED) is 0.0168. The van der Waals surface area contributed by atoms with Gasteiger partial charge in [-0.1, -0.05) is 54.1 Å². The van der Waals surface area contributed by atoms with E-state index >= 15 is 0 Å². The van der Waals surface area contributed by atoms with Gasteiger partial charge in [-0.25, -0.2) is 0 Å². The van der Waals surface area contributed by atoms with Gasteiger partial charge in [0.25, 0.3) is 11.8 Å². The minimum atomic E-state index is -1.13. The predicted molar refractivity (Wildman–Crippen MR) is 268 cm³/mol. The highest BCUT2D eigenvalue weighted by Gasteiger charge is 2.28. The first kappa shape index (κ1) is 53.2. The van der Waals surface area contributed by atoms with Gasteiger partial charge in [0.2, 0.25) is 5.91 Å². The second-order valence-corrected chi connectivity index (χ2v) is 17.9. The maximum absolute atomic E-state index is 13.3. The monoisotopic (exact) mass is 995 g/mol. The Labute approximate surface area is 411 Å². The van der Waals surface area contributed by atoms with Gasteiger partial charge in [-0.05, 0) is 75.1 Å². The third-order valence-electron chi connectivity index (χ3n) is 10.5. The fourth-order valence-electron chi connectivity index (χ4n) is 6.87. The zero-order chi connectivity index (χ0) is 51.4. The number of phenolic OH excluding ortho intramolecular Hbond substituents is 4. The van der Waals surface area contributed by atoms with Crippen molar-refractivity contribution in [2.75, 3.05) is 30.6 Å². The number of benzene rings is 6. The van der Waals surface area contributed by atoms with Crippen molar-refractivity contribution in [2.45, 2.75) is 58.6 Å². The van der Waals surface area contributed by atoms with E-state index in [4.69, 9.17) is 24.4 Å². The van der Waals surface area contributed by atoms with Crippen molar-refractivity contribution in [3.05, 3.63) is 123 Å². The minimum Gasteiger partial charge on any atom is -0.507 e. The number of anilines is 1. The lowest BCUT2D eigenvalue weighted by Gasteiger charge is -2.20. The van der Waals surface area contributed by atoms with Gasteiger partial charge >= 0.3 is 11.9 Å². The van der Waals surface area contributed by atoms with E-state index in [0.29, 0.717) is 33.8 Å². The largest absolute Gasteiger partial charge is 0.507 e. The predicted octanol–water partition coefficient (Wildman–Crippen LogP) is 9.44. The standard InChI is InChI=1S/C28H30N2O9S.C23H23NO5S/c1-13-6-7-20(14(2)8-13)38-12-29-28(37)24-25(35)15(3)16(4)26(36)27(24)39-21-10-22(40-11-23(33)34)19(32)9-18(21)30-17(5)31;1-14-11-15(13-30-10-9-21(25)26)7-8-19(14)29-20-12-18(23(28)24-2)22(27)17-6-4-3-5-16(17)20/h6-10,32,35-36H,11-12H2,1-5H3,(H,29,37)(H,30,31)(H,33,34);3-8,11-12,27H,9-10,13H2,1-2H3,(H,24,28)(H,25,26). The van der Waals surface area contributed by atoms with Crippen molar-refractivity contribution in [2.24, 2.45) is 0 Å². The van der Waals surface area contributed by atoms with Crippen LogP contribution in [-0.4, -0.2) is 85.6 Å². The Morgan fingerprint density at radius 2 is 1.34 bits per heavy atom. The molecule has 0 aromatic heterocycles. The Bertz CT molecular complexity index is 2980. The van der Waals surface area contributed by atoms with Gasteiger partial charge in [-0.2, -0.15) is 11.8 Å². The van der Waals surface area contributed by atoms with E-state index in [0.717, 1.165) is 45.8 Å². The number of hydrogen-bond donors (Lipinski definition) is 9. The molecule has 0 unspecified atom stereocenters. The van der Waals surface area contributed by atoms with Crippen molar-refractivity contribution < 1.29 is 68.8 Å². The van der Waals surface area contributed by atoms with E-state index in [1.165, 1.54) is 33.9 Å². The molecule has 0 radical (unpaired) electrons.